The molecule has 0 N–H and O–H groups in total. The van der Waals surface area contributed by atoms with Crippen molar-refractivity contribution < 1.29 is 28.6 Å². The fourth-order valence-electron chi connectivity index (χ4n) is 7.47. The minimum absolute atomic E-state index is 0.0910. The zero-order valence-corrected chi connectivity index (χ0v) is 41.1. The molecule has 0 aliphatic carbocycles. The van der Waals surface area contributed by atoms with E-state index < -0.39 is 6.10 Å². The first kappa shape index (κ1) is 59.4. The normalized spacial score (nSPS) is 12.4. The molecule has 0 saturated carbocycles. The Kier molecular flexibility index (Phi) is 48.8. The Morgan fingerprint density at radius 2 is 0.597 bits per heavy atom. The van der Waals surface area contributed by atoms with Crippen molar-refractivity contribution in [2.75, 3.05) is 13.2 Å². The average molecular weight is 869 g/mol. The number of hydrogen-bond acceptors (Lipinski definition) is 6. The third-order valence-corrected chi connectivity index (χ3v) is 11.6. The molecule has 0 spiro atoms. The van der Waals surface area contributed by atoms with Crippen LogP contribution in [0.15, 0.2) is 48.6 Å². The monoisotopic (exact) mass is 869 g/mol. The highest BCUT2D eigenvalue weighted by Gasteiger charge is 2.19. The number of hydrogen-bond donors (Lipinski definition) is 0. The summed E-state index contributed by atoms with van der Waals surface area (Å²) in [5.41, 5.74) is 0. The summed E-state index contributed by atoms with van der Waals surface area (Å²) in [5, 5.41) is 0. The number of esters is 3. The molecule has 0 aromatic heterocycles. The first-order chi connectivity index (χ1) is 30.5. The second kappa shape index (κ2) is 51.0. The minimum atomic E-state index is -0.793. The van der Waals surface area contributed by atoms with Gasteiger partial charge in [-0.25, -0.2) is 0 Å². The number of rotatable bonds is 48. The van der Waals surface area contributed by atoms with Gasteiger partial charge in [-0.3, -0.25) is 14.4 Å². The second-order valence-electron chi connectivity index (χ2n) is 17.8. The Morgan fingerprint density at radius 1 is 0.323 bits per heavy atom. The minimum Gasteiger partial charge on any atom is -0.462 e. The van der Waals surface area contributed by atoms with Gasteiger partial charge in [0.1, 0.15) is 13.2 Å². The van der Waals surface area contributed by atoms with Gasteiger partial charge in [-0.15, -0.1) is 0 Å². The Labute approximate surface area is 384 Å². The lowest BCUT2D eigenvalue weighted by Crippen LogP contribution is -2.30. The van der Waals surface area contributed by atoms with E-state index in [0.29, 0.717) is 19.3 Å². The van der Waals surface area contributed by atoms with Gasteiger partial charge in [0.25, 0.3) is 0 Å². The van der Waals surface area contributed by atoms with E-state index in [1.165, 1.54) is 135 Å². The van der Waals surface area contributed by atoms with Crippen LogP contribution in [0, 0.1) is 0 Å². The maximum atomic E-state index is 12.8. The number of carbonyl (C=O) groups is 3. The molecule has 0 aliphatic heterocycles. The van der Waals surface area contributed by atoms with Crippen molar-refractivity contribution in [3.63, 3.8) is 0 Å². The van der Waals surface area contributed by atoms with Crippen molar-refractivity contribution in [2.45, 2.75) is 277 Å². The van der Waals surface area contributed by atoms with Crippen LogP contribution in [0.3, 0.4) is 0 Å². The van der Waals surface area contributed by atoms with Gasteiger partial charge >= 0.3 is 17.9 Å². The number of carbonyl (C=O) groups excluding carboxylic acids is 3. The fraction of sp³-hybridized carbons (Fsp3) is 0.804. The molecule has 0 aliphatic rings. The Bertz CT molecular complexity index is 1090. The van der Waals surface area contributed by atoms with E-state index in [9.17, 15) is 14.4 Å². The molecule has 6 heteroatoms. The molecule has 1 atom stereocenters. The first-order valence-electron chi connectivity index (χ1n) is 26.7. The predicted octanol–water partition coefficient (Wildman–Crippen LogP) is 17.5. The van der Waals surface area contributed by atoms with Gasteiger partial charge in [0, 0.05) is 19.3 Å². The molecule has 0 bridgehead atoms. The third-order valence-electron chi connectivity index (χ3n) is 11.6. The van der Waals surface area contributed by atoms with Crippen LogP contribution in [0.4, 0.5) is 0 Å². The van der Waals surface area contributed by atoms with Crippen molar-refractivity contribution >= 4 is 17.9 Å². The van der Waals surface area contributed by atoms with Crippen LogP contribution in [-0.2, 0) is 28.6 Å². The lowest BCUT2D eigenvalue weighted by atomic mass is 10.1. The Balaban J connectivity index is 4.38. The summed E-state index contributed by atoms with van der Waals surface area (Å²) in [7, 11) is 0. The van der Waals surface area contributed by atoms with Crippen LogP contribution in [0.5, 0.6) is 0 Å². The van der Waals surface area contributed by atoms with E-state index >= 15 is 0 Å². The van der Waals surface area contributed by atoms with Crippen molar-refractivity contribution in [3.05, 3.63) is 48.6 Å². The summed E-state index contributed by atoms with van der Waals surface area (Å²) in [5.74, 6) is -0.933. The molecular weight excluding hydrogens is 769 g/mol. The Morgan fingerprint density at radius 3 is 0.968 bits per heavy atom. The molecule has 0 aromatic rings. The van der Waals surface area contributed by atoms with E-state index in [-0.39, 0.29) is 31.1 Å². The third kappa shape index (κ3) is 48.4. The number of allylic oxidation sites excluding steroid dienone is 8. The molecule has 0 heterocycles. The summed E-state index contributed by atoms with van der Waals surface area (Å²) in [4.78, 5) is 37.9. The van der Waals surface area contributed by atoms with Crippen molar-refractivity contribution in [1.82, 2.24) is 0 Å². The van der Waals surface area contributed by atoms with Crippen molar-refractivity contribution in [3.8, 4) is 0 Å². The van der Waals surface area contributed by atoms with Crippen LogP contribution < -0.4 is 0 Å². The van der Waals surface area contributed by atoms with Crippen LogP contribution in [0.1, 0.15) is 271 Å². The van der Waals surface area contributed by atoms with Crippen LogP contribution in [0.2, 0.25) is 0 Å². The topological polar surface area (TPSA) is 78.9 Å². The highest BCUT2D eigenvalue weighted by atomic mass is 16.6. The maximum Gasteiger partial charge on any atom is 0.306 e. The molecule has 1 unspecified atom stereocenters. The molecule has 0 amide bonds. The van der Waals surface area contributed by atoms with E-state index in [1.54, 1.807) is 0 Å². The number of ether oxygens (including phenoxy) is 3. The quantitative estimate of drug-likeness (QED) is 0.0199. The summed E-state index contributed by atoms with van der Waals surface area (Å²) >= 11 is 0. The van der Waals surface area contributed by atoms with Gasteiger partial charge in [0.15, 0.2) is 6.10 Å². The zero-order valence-electron chi connectivity index (χ0n) is 41.1. The maximum absolute atomic E-state index is 12.8. The van der Waals surface area contributed by atoms with E-state index in [1.807, 2.05) is 0 Å². The molecule has 0 aromatic carbocycles. The SMILES string of the molecule is CCCC/C=C\CCCCCCC(=O)OCC(COC(=O)CCCCCCC/C=C\CCCCCCCCCCC)OC(=O)CCCCC/C=C\C=C/CCCCCCCCC. The lowest BCUT2D eigenvalue weighted by molar-refractivity contribution is -0.167. The second-order valence-corrected chi connectivity index (χ2v) is 17.8. The van der Waals surface area contributed by atoms with Gasteiger partial charge in [-0.1, -0.05) is 211 Å². The smallest absolute Gasteiger partial charge is 0.306 e. The summed E-state index contributed by atoms with van der Waals surface area (Å²) < 4.78 is 16.7. The van der Waals surface area contributed by atoms with Gasteiger partial charge in [-0.05, 0) is 89.9 Å². The first-order valence-corrected chi connectivity index (χ1v) is 26.7. The van der Waals surface area contributed by atoms with Crippen LogP contribution in [0.25, 0.3) is 0 Å². The molecule has 0 saturated heterocycles. The Hall–Kier alpha value is -2.63. The molecule has 6 nitrogen and oxygen atoms in total. The van der Waals surface area contributed by atoms with Gasteiger partial charge < -0.3 is 14.2 Å². The lowest BCUT2D eigenvalue weighted by Gasteiger charge is -2.18. The fourth-order valence-corrected chi connectivity index (χ4v) is 7.47. The van der Waals surface area contributed by atoms with Gasteiger partial charge in [0.05, 0.1) is 0 Å². The van der Waals surface area contributed by atoms with E-state index in [0.717, 1.165) is 96.3 Å². The molecule has 0 rings (SSSR count). The highest BCUT2D eigenvalue weighted by Crippen LogP contribution is 2.14. The predicted molar refractivity (Wildman–Crippen MR) is 265 cm³/mol. The van der Waals surface area contributed by atoms with Crippen LogP contribution >= 0.6 is 0 Å². The summed E-state index contributed by atoms with van der Waals surface area (Å²) in [6.07, 6.45) is 61.0. The van der Waals surface area contributed by atoms with Crippen molar-refractivity contribution in [2.24, 2.45) is 0 Å². The zero-order chi connectivity index (χ0) is 45.1. The molecule has 0 fully saturated rings. The summed E-state index contributed by atoms with van der Waals surface area (Å²) in [6, 6.07) is 0. The van der Waals surface area contributed by atoms with E-state index in [2.05, 4.69) is 69.4 Å². The standard InChI is InChI=1S/C56H100O6/c1-4-7-10-13-16-19-22-24-26-28-29-31-32-34-37-40-43-46-49-55(58)61-52-53(51-60-54(57)48-45-42-39-36-21-18-15-12-9-6-3)62-56(59)50-47-44-41-38-35-33-30-27-25-23-20-17-14-11-8-5-2/h15,18,27,29-31,33,35,53H,4-14,16-17,19-26,28,32,34,36-52H2,1-3H3/b18-15-,30-27-,31-29-,35-33-. The molecule has 360 valence electrons. The highest BCUT2D eigenvalue weighted by molar-refractivity contribution is 5.71. The largest absolute Gasteiger partial charge is 0.462 e. The van der Waals surface area contributed by atoms with Crippen LogP contribution in [-0.4, -0.2) is 37.2 Å². The summed E-state index contributed by atoms with van der Waals surface area (Å²) in [6.45, 7) is 6.56. The molecule has 62 heavy (non-hydrogen) atoms. The van der Waals surface area contributed by atoms with Crippen molar-refractivity contribution in [1.29, 1.82) is 0 Å². The number of unbranched alkanes of at least 4 members (excludes halogenated alkanes) is 30. The van der Waals surface area contributed by atoms with Gasteiger partial charge in [-0.2, -0.15) is 0 Å². The van der Waals surface area contributed by atoms with E-state index in [4.69, 9.17) is 14.2 Å². The molecular formula is C56H100O6. The average Bonchev–Trinajstić information content (AvgIpc) is 3.27. The van der Waals surface area contributed by atoms with Gasteiger partial charge in [0.2, 0.25) is 0 Å². The molecule has 0 radical (unpaired) electrons.